The second-order valence-electron chi connectivity index (χ2n) is 9.36. The number of ether oxygens (including phenoxy) is 1. The van der Waals surface area contributed by atoms with Crippen LogP contribution in [0.25, 0.3) is 0 Å². The van der Waals surface area contributed by atoms with E-state index in [1.807, 2.05) is 36.4 Å². The van der Waals surface area contributed by atoms with Gasteiger partial charge in [0.25, 0.3) is 0 Å². The van der Waals surface area contributed by atoms with Crippen LogP contribution in [0.5, 0.6) is 0 Å². The van der Waals surface area contributed by atoms with Crippen LogP contribution in [0.4, 0.5) is 10.5 Å². The van der Waals surface area contributed by atoms with Gasteiger partial charge in [-0.1, -0.05) is 78.5 Å². The second kappa shape index (κ2) is 18.8. The third-order valence-electron chi connectivity index (χ3n) is 5.94. The summed E-state index contributed by atoms with van der Waals surface area (Å²) in [5, 5.41) is 2.72. The molecule has 0 bridgehead atoms. The maximum Gasteiger partial charge on any atom is 0.411 e. The number of unbranched alkanes of at least 4 members (excludes halogenated alkanes) is 2. The van der Waals surface area contributed by atoms with E-state index in [4.69, 9.17) is 4.74 Å². The molecular formula is C31H47NO2. The van der Waals surface area contributed by atoms with Gasteiger partial charge in [-0.05, 0) is 97.3 Å². The number of para-hydroxylation sites is 1. The van der Waals surface area contributed by atoms with Crippen molar-refractivity contribution < 1.29 is 9.53 Å². The molecule has 1 N–H and O–H groups in total. The van der Waals surface area contributed by atoms with E-state index >= 15 is 0 Å². The molecule has 1 rings (SSSR count). The topological polar surface area (TPSA) is 38.3 Å². The van der Waals surface area contributed by atoms with Gasteiger partial charge in [-0.15, -0.1) is 0 Å². The number of carbonyl (C=O) groups excluding carboxylic acids is 1. The highest BCUT2D eigenvalue weighted by molar-refractivity contribution is 5.84. The lowest BCUT2D eigenvalue weighted by Crippen LogP contribution is -2.13. The molecule has 0 aliphatic rings. The summed E-state index contributed by atoms with van der Waals surface area (Å²) in [6, 6.07) is 9.34. The minimum atomic E-state index is -0.424. The minimum Gasteiger partial charge on any atom is -0.445 e. The molecule has 0 saturated carbocycles. The zero-order chi connectivity index (χ0) is 25.0. The van der Waals surface area contributed by atoms with Crippen molar-refractivity contribution in [3.05, 3.63) is 76.9 Å². The summed E-state index contributed by atoms with van der Waals surface area (Å²) < 4.78 is 5.23. The molecule has 1 amide bonds. The predicted octanol–water partition coefficient (Wildman–Crippen LogP) is 9.94. The van der Waals surface area contributed by atoms with Crippen LogP contribution >= 0.6 is 0 Å². The lowest BCUT2D eigenvalue weighted by molar-refractivity contribution is 0.174. The smallest absolute Gasteiger partial charge is 0.411 e. The SMILES string of the molecule is CCCCC/C(C)=C/CC/C(C)=C/CC/C(C)=C/CC/C(C)=C/COC(=O)Nc1ccccc1. The molecule has 0 heterocycles. The van der Waals surface area contributed by atoms with Crippen LogP contribution in [-0.2, 0) is 4.74 Å². The summed E-state index contributed by atoms with van der Waals surface area (Å²) in [6.45, 7) is 11.4. The number of nitrogens with one attached hydrogen (secondary N) is 1. The molecule has 0 atom stereocenters. The van der Waals surface area contributed by atoms with Crippen molar-refractivity contribution in [1.29, 1.82) is 0 Å². The van der Waals surface area contributed by atoms with Crippen LogP contribution in [0, 0.1) is 0 Å². The lowest BCUT2D eigenvalue weighted by Gasteiger charge is -2.06. The van der Waals surface area contributed by atoms with Crippen LogP contribution < -0.4 is 5.32 Å². The van der Waals surface area contributed by atoms with Crippen LogP contribution in [0.15, 0.2) is 76.9 Å². The number of benzene rings is 1. The molecule has 0 radical (unpaired) electrons. The molecule has 3 heteroatoms. The summed E-state index contributed by atoms with van der Waals surface area (Å²) in [4.78, 5) is 11.8. The van der Waals surface area contributed by atoms with Crippen LogP contribution in [0.3, 0.4) is 0 Å². The standard InChI is InChI=1S/C31H47NO2/c1-6-7-9-15-26(2)16-12-17-27(3)18-13-19-28(4)20-14-21-29(5)24-25-34-31(33)32-30-22-10-8-11-23-30/h8,10-11,16,18,20,22-24H,6-7,9,12-15,17,19,21,25H2,1-5H3,(H,32,33)/b26-16+,27-18+,28-20+,29-24+. The average Bonchev–Trinajstić information content (AvgIpc) is 2.80. The van der Waals surface area contributed by atoms with Crippen molar-refractivity contribution in [3.8, 4) is 0 Å². The minimum absolute atomic E-state index is 0.296. The summed E-state index contributed by atoms with van der Waals surface area (Å²) in [7, 11) is 0. The molecule has 1 aromatic rings. The normalized spacial score (nSPS) is 13.2. The van der Waals surface area contributed by atoms with E-state index in [1.165, 1.54) is 55.2 Å². The van der Waals surface area contributed by atoms with Gasteiger partial charge in [0.15, 0.2) is 0 Å². The first-order chi connectivity index (χ1) is 16.4. The Morgan fingerprint density at radius 1 is 0.735 bits per heavy atom. The second-order valence-corrected chi connectivity index (χ2v) is 9.36. The Morgan fingerprint density at radius 2 is 1.24 bits per heavy atom. The number of rotatable bonds is 16. The zero-order valence-corrected chi connectivity index (χ0v) is 22.3. The Morgan fingerprint density at radius 3 is 1.76 bits per heavy atom. The number of anilines is 1. The lowest BCUT2D eigenvalue weighted by atomic mass is 10.0. The van der Waals surface area contributed by atoms with Gasteiger partial charge in [0.2, 0.25) is 0 Å². The molecule has 0 spiro atoms. The molecule has 3 nitrogen and oxygen atoms in total. The maximum atomic E-state index is 11.8. The fourth-order valence-corrected chi connectivity index (χ4v) is 3.64. The molecule has 0 unspecified atom stereocenters. The fourth-order valence-electron chi connectivity index (χ4n) is 3.64. The van der Waals surface area contributed by atoms with Crippen LogP contribution in [0.1, 0.15) is 98.8 Å². The number of hydrogen-bond acceptors (Lipinski definition) is 2. The van der Waals surface area contributed by atoms with Gasteiger partial charge in [-0.25, -0.2) is 4.79 Å². The van der Waals surface area contributed by atoms with Crippen molar-refractivity contribution in [1.82, 2.24) is 0 Å². The Balaban J connectivity index is 2.19. The van der Waals surface area contributed by atoms with E-state index in [0.29, 0.717) is 6.61 Å². The van der Waals surface area contributed by atoms with Crippen molar-refractivity contribution in [2.24, 2.45) is 0 Å². The highest BCUT2D eigenvalue weighted by Gasteiger charge is 2.01. The van der Waals surface area contributed by atoms with Crippen molar-refractivity contribution in [3.63, 3.8) is 0 Å². The van der Waals surface area contributed by atoms with Gasteiger partial charge < -0.3 is 4.74 Å². The van der Waals surface area contributed by atoms with Crippen LogP contribution in [0.2, 0.25) is 0 Å². The molecular weight excluding hydrogens is 418 g/mol. The first-order valence-corrected chi connectivity index (χ1v) is 13.0. The Labute approximate surface area is 209 Å². The number of amides is 1. The molecule has 0 saturated heterocycles. The molecule has 34 heavy (non-hydrogen) atoms. The zero-order valence-electron chi connectivity index (χ0n) is 22.3. The molecule has 0 aliphatic heterocycles. The first kappa shape index (κ1) is 29.5. The van der Waals surface area contributed by atoms with E-state index in [-0.39, 0.29) is 0 Å². The number of allylic oxidation sites excluding steroid dienone is 7. The van der Waals surface area contributed by atoms with Gasteiger partial charge in [-0.3, -0.25) is 5.32 Å². The van der Waals surface area contributed by atoms with Crippen molar-refractivity contribution in [2.75, 3.05) is 11.9 Å². The molecule has 0 fully saturated rings. The first-order valence-electron chi connectivity index (χ1n) is 13.0. The Hall–Kier alpha value is -2.55. The fraction of sp³-hybridized carbons (Fsp3) is 0.516. The average molecular weight is 466 g/mol. The molecule has 188 valence electrons. The summed E-state index contributed by atoms with van der Waals surface area (Å²) in [6.07, 6.45) is 20.5. The third kappa shape index (κ3) is 16.1. The van der Waals surface area contributed by atoms with Crippen LogP contribution in [-0.4, -0.2) is 12.7 Å². The number of hydrogen-bond donors (Lipinski definition) is 1. The van der Waals surface area contributed by atoms with Gasteiger partial charge in [0, 0.05) is 5.69 Å². The monoisotopic (exact) mass is 465 g/mol. The molecule has 0 aliphatic carbocycles. The summed E-state index contributed by atoms with van der Waals surface area (Å²) in [5.41, 5.74) is 6.47. The van der Waals surface area contributed by atoms with E-state index in [9.17, 15) is 4.79 Å². The molecule has 0 aromatic heterocycles. The van der Waals surface area contributed by atoms with E-state index in [0.717, 1.165) is 31.4 Å². The predicted molar refractivity (Wildman–Crippen MR) is 148 cm³/mol. The van der Waals surface area contributed by atoms with E-state index in [1.54, 1.807) is 5.57 Å². The molecule has 1 aromatic carbocycles. The van der Waals surface area contributed by atoms with Gasteiger partial charge in [0.05, 0.1) is 0 Å². The quantitative estimate of drug-likeness (QED) is 0.195. The van der Waals surface area contributed by atoms with E-state index in [2.05, 4.69) is 58.2 Å². The van der Waals surface area contributed by atoms with Crippen molar-refractivity contribution in [2.45, 2.75) is 98.8 Å². The van der Waals surface area contributed by atoms with Crippen molar-refractivity contribution >= 4 is 11.8 Å². The number of carbonyl (C=O) groups is 1. The maximum absolute atomic E-state index is 11.8. The summed E-state index contributed by atoms with van der Waals surface area (Å²) in [5.74, 6) is 0. The highest BCUT2D eigenvalue weighted by Crippen LogP contribution is 2.15. The van der Waals surface area contributed by atoms with Gasteiger partial charge in [0.1, 0.15) is 6.61 Å². The van der Waals surface area contributed by atoms with Gasteiger partial charge >= 0.3 is 6.09 Å². The third-order valence-corrected chi connectivity index (χ3v) is 5.94. The van der Waals surface area contributed by atoms with Gasteiger partial charge in [-0.2, -0.15) is 0 Å². The summed E-state index contributed by atoms with van der Waals surface area (Å²) >= 11 is 0. The largest absolute Gasteiger partial charge is 0.445 e. The highest BCUT2D eigenvalue weighted by atomic mass is 16.5. The van der Waals surface area contributed by atoms with E-state index < -0.39 is 6.09 Å². The Kier molecular flexibility index (Phi) is 16.3. The Bertz CT molecular complexity index is 815.